The summed E-state index contributed by atoms with van der Waals surface area (Å²) in [5.74, 6) is -0.955. The fourth-order valence-electron chi connectivity index (χ4n) is 1.14. The lowest BCUT2D eigenvalue weighted by molar-refractivity contribution is -0.117. The van der Waals surface area contributed by atoms with Gasteiger partial charge in [0, 0.05) is 6.20 Å². The van der Waals surface area contributed by atoms with Crippen LogP contribution in [-0.4, -0.2) is 34.9 Å². The Bertz CT molecular complexity index is 440. The molecule has 0 aliphatic heterocycles. The van der Waals surface area contributed by atoms with Crippen molar-refractivity contribution in [3.63, 3.8) is 0 Å². The molecule has 0 unspecified atom stereocenters. The van der Waals surface area contributed by atoms with Crippen molar-refractivity contribution in [3.05, 3.63) is 16.0 Å². The van der Waals surface area contributed by atoms with Crippen LogP contribution in [0.1, 0.15) is 0 Å². The molecule has 1 rings (SSSR count). The fraction of sp³-hybridized carbons (Fsp3) is 0.250. The zero-order valence-electron chi connectivity index (χ0n) is 8.56. The van der Waals surface area contributed by atoms with Crippen LogP contribution in [0.2, 0.25) is 5.28 Å². The molecule has 92 valence electrons. The van der Waals surface area contributed by atoms with E-state index in [9.17, 15) is 9.59 Å². The number of anilines is 1. The van der Waals surface area contributed by atoms with Gasteiger partial charge in [-0.1, -0.05) is 0 Å². The van der Waals surface area contributed by atoms with Crippen molar-refractivity contribution in [2.45, 2.75) is 0 Å². The van der Waals surface area contributed by atoms with E-state index in [0.29, 0.717) is 4.47 Å². The highest BCUT2D eigenvalue weighted by Crippen LogP contribution is 2.23. The lowest BCUT2D eigenvalue weighted by atomic mass is 10.4. The number of rotatable bonds is 5. The van der Waals surface area contributed by atoms with Crippen molar-refractivity contribution < 1.29 is 9.59 Å². The van der Waals surface area contributed by atoms with E-state index in [2.05, 4.69) is 25.9 Å². The molecule has 0 radical (unpaired) electrons. The molecule has 0 bridgehead atoms. The first-order valence-electron chi connectivity index (χ1n) is 4.39. The molecule has 9 heteroatoms. The lowest BCUT2D eigenvalue weighted by Gasteiger charge is -2.21. The topological polar surface area (TPSA) is 115 Å². The first-order valence-corrected chi connectivity index (χ1v) is 5.57. The number of hydrogen-bond donors (Lipinski definition) is 2. The Labute approximate surface area is 110 Å². The van der Waals surface area contributed by atoms with Crippen LogP contribution in [-0.2, 0) is 9.59 Å². The molecule has 7 nitrogen and oxygen atoms in total. The monoisotopic (exact) mass is 321 g/mol. The molecular weight excluding hydrogens is 313 g/mol. The van der Waals surface area contributed by atoms with Gasteiger partial charge in [0.1, 0.15) is 5.82 Å². The van der Waals surface area contributed by atoms with E-state index in [0.717, 1.165) is 0 Å². The maximum atomic E-state index is 10.9. The van der Waals surface area contributed by atoms with Crippen LogP contribution in [0.15, 0.2) is 10.7 Å². The van der Waals surface area contributed by atoms with Gasteiger partial charge in [-0.15, -0.1) is 0 Å². The number of aromatic nitrogens is 2. The van der Waals surface area contributed by atoms with Gasteiger partial charge in [0.2, 0.25) is 17.1 Å². The molecule has 0 saturated carbocycles. The number of carbonyl (C=O) groups is 2. The van der Waals surface area contributed by atoms with E-state index in [-0.39, 0.29) is 24.2 Å². The van der Waals surface area contributed by atoms with Crippen LogP contribution in [0.25, 0.3) is 0 Å². The Morgan fingerprint density at radius 1 is 1.35 bits per heavy atom. The predicted octanol–water partition coefficient (Wildman–Crippen LogP) is -0.330. The Morgan fingerprint density at radius 2 is 1.88 bits per heavy atom. The second-order valence-corrected chi connectivity index (χ2v) is 4.29. The van der Waals surface area contributed by atoms with E-state index in [4.69, 9.17) is 23.1 Å². The van der Waals surface area contributed by atoms with Gasteiger partial charge < -0.3 is 16.4 Å². The summed E-state index contributed by atoms with van der Waals surface area (Å²) in [6.07, 6.45) is 1.40. The molecule has 0 aliphatic rings. The highest BCUT2D eigenvalue weighted by Gasteiger charge is 2.17. The third-order valence-electron chi connectivity index (χ3n) is 1.69. The standard InChI is InChI=1S/C8H9BrClN5O2/c9-4-1-13-8(10)14-7(4)15(2-5(11)16)3-6(12)17/h1H,2-3H2,(H2,11,16)(H2,12,17). The van der Waals surface area contributed by atoms with Crippen molar-refractivity contribution in [2.75, 3.05) is 18.0 Å². The molecule has 1 heterocycles. The summed E-state index contributed by atoms with van der Waals surface area (Å²) in [6.45, 7) is -0.399. The zero-order valence-corrected chi connectivity index (χ0v) is 10.9. The average Bonchev–Trinajstić information content (AvgIpc) is 2.19. The van der Waals surface area contributed by atoms with Crippen molar-refractivity contribution in [1.29, 1.82) is 0 Å². The van der Waals surface area contributed by atoms with E-state index in [1.54, 1.807) is 0 Å². The highest BCUT2D eigenvalue weighted by molar-refractivity contribution is 9.10. The number of primary amides is 2. The second-order valence-electron chi connectivity index (χ2n) is 3.10. The van der Waals surface area contributed by atoms with Gasteiger partial charge >= 0.3 is 0 Å². The second kappa shape index (κ2) is 5.78. The number of hydrogen-bond acceptors (Lipinski definition) is 5. The summed E-state index contributed by atoms with van der Waals surface area (Å²) in [5.41, 5.74) is 10.1. The zero-order chi connectivity index (χ0) is 13.0. The van der Waals surface area contributed by atoms with E-state index in [1.165, 1.54) is 11.1 Å². The summed E-state index contributed by atoms with van der Waals surface area (Å²) in [4.78, 5) is 30.7. The van der Waals surface area contributed by atoms with Crippen LogP contribution in [0.3, 0.4) is 0 Å². The molecule has 17 heavy (non-hydrogen) atoms. The van der Waals surface area contributed by atoms with Crippen LogP contribution in [0.4, 0.5) is 5.82 Å². The number of nitrogens with two attached hydrogens (primary N) is 2. The molecule has 1 aromatic heterocycles. The molecule has 0 saturated heterocycles. The Kier molecular flexibility index (Phi) is 4.64. The average molecular weight is 323 g/mol. The summed E-state index contributed by atoms with van der Waals surface area (Å²) >= 11 is 8.81. The van der Waals surface area contributed by atoms with Gasteiger partial charge in [-0.25, -0.2) is 4.98 Å². The van der Waals surface area contributed by atoms with Crippen LogP contribution < -0.4 is 16.4 Å². The van der Waals surface area contributed by atoms with Gasteiger partial charge in [0.05, 0.1) is 17.6 Å². The smallest absolute Gasteiger partial charge is 0.237 e. The lowest BCUT2D eigenvalue weighted by Crippen LogP contribution is -2.40. The summed E-state index contributed by atoms with van der Waals surface area (Å²) in [5, 5.41) is -0.0119. The van der Waals surface area contributed by atoms with Gasteiger partial charge in [0.25, 0.3) is 0 Å². The number of amides is 2. The molecule has 4 N–H and O–H groups in total. The fourth-order valence-corrected chi connectivity index (χ4v) is 1.71. The quantitative estimate of drug-likeness (QED) is 0.720. The SMILES string of the molecule is NC(=O)CN(CC(N)=O)c1nc(Cl)ncc1Br. The van der Waals surface area contributed by atoms with Crippen molar-refractivity contribution in [1.82, 2.24) is 9.97 Å². The van der Waals surface area contributed by atoms with Crippen molar-refractivity contribution in [2.24, 2.45) is 11.5 Å². The van der Waals surface area contributed by atoms with Crippen molar-refractivity contribution >= 4 is 45.2 Å². The largest absolute Gasteiger partial charge is 0.368 e. The first-order chi connectivity index (χ1) is 7.90. The third kappa shape index (κ3) is 4.16. The normalized spacial score (nSPS) is 10.0. The molecule has 1 aromatic rings. The van der Waals surface area contributed by atoms with Gasteiger partial charge in [-0.05, 0) is 27.5 Å². The highest BCUT2D eigenvalue weighted by atomic mass is 79.9. The van der Waals surface area contributed by atoms with Gasteiger partial charge in [-0.3, -0.25) is 9.59 Å². The maximum absolute atomic E-state index is 10.9. The minimum Gasteiger partial charge on any atom is -0.368 e. The molecule has 0 atom stereocenters. The van der Waals surface area contributed by atoms with Crippen molar-refractivity contribution in [3.8, 4) is 0 Å². The third-order valence-corrected chi connectivity index (χ3v) is 2.43. The molecule has 0 spiro atoms. The molecular formula is C8H9BrClN5O2. The summed E-state index contributed by atoms with van der Waals surface area (Å²) in [6, 6.07) is 0. The minimum absolute atomic E-state index is 0.0119. The van der Waals surface area contributed by atoms with Gasteiger partial charge in [0.15, 0.2) is 0 Å². The van der Waals surface area contributed by atoms with Crippen LogP contribution in [0.5, 0.6) is 0 Å². The predicted molar refractivity (Wildman–Crippen MR) is 65.3 cm³/mol. The van der Waals surface area contributed by atoms with E-state index in [1.807, 2.05) is 0 Å². The number of nitrogens with zero attached hydrogens (tertiary/aromatic N) is 3. The Hall–Kier alpha value is -1.41. The minimum atomic E-state index is -0.618. The molecule has 0 aromatic carbocycles. The number of halogens is 2. The maximum Gasteiger partial charge on any atom is 0.237 e. The first kappa shape index (κ1) is 13.7. The van der Waals surface area contributed by atoms with Gasteiger partial charge in [-0.2, -0.15) is 4.98 Å². The Morgan fingerprint density at radius 3 is 2.35 bits per heavy atom. The molecule has 0 aliphatic carbocycles. The van der Waals surface area contributed by atoms with Crippen LogP contribution >= 0.6 is 27.5 Å². The molecule has 2 amide bonds. The van der Waals surface area contributed by atoms with Crippen LogP contribution in [0, 0.1) is 0 Å². The number of carbonyl (C=O) groups excluding carboxylic acids is 2. The summed E-state index contributed by atoms with van der Waals surface area (Å²) in [7, 11) is 0. The van der Waals surface area contributed by atoms with E-state index < -0.39 is 11.8 Å². The van der Waals surface area contributed by atoms with E-state index >= 15 is 0 Å². The Balaban J connectivity index is 3.06. The molecule has 0 fully saturated rings. The summed E-state index contributed by atoms with van der Waals surface area (Å²) < 4.78 is 0.476.